The molecule has 0 aliphatic rings. The van der Waals surface area contributed by atoms with Gasteiger partial charge < -0.3 is 9.47 Å². The zero-order chi connectivity index (χ0) is 22.6. The van der Waals surface area contributed by atoms with Gasteiger partial charge in [0, 0.05) is 11.8 Å². The number of alkyl halides is 3. The number of hydrogen-bond acceptors (Lipinski definition) is 3. The number of benzene rings is 3. The molecule has 4 rings (SSSR count). The highest BCUT2D eigenvalue weighted by atomic mass is 19.4. The van der Waals surface area contributed by atoms with E-state index >= 15 is 0 Å². The first-order valence-electron chi connectivity index (χ1n) is 9.98. The molecular weight excluding hydrogens is 415 g/mol. The van der Waals surface area contributed by atoms with Crippen molar-refractivity contribution < 1.29 is 22.6 Å². The second-order valence-corrected chi connectivity index (χ2v) is 7.21. The molecule has 0 spiro atoms. The molecule has 0 radical (unpaired) electrons. The molecule has 4 aromatic rings. The van der Waals surface area contributed by atoms with Crippen molar-refractivity contribution in [2.24, 2.45) is 0 Å². The Kier molecular flexibility index (Phi) is 6.12. The molecule has 0 aliphatic carbocycles. The van der Waals surface area contributed by atoms with Gasteiger partial charge in [0.1, 0.15) is 18.1 Å². The van der Waals surface area contributed by atoms with Gasteiger partial charge in [0.2, 0.25) is 0 Å². The van der Waals surface area contributed by atoms with Crippen LogP contribution in [0.4, 0.5) is 13.2 Å². The molecule has 32 heavy (non-hydrogen) atoms. The van der Waals surface area contributed by atoms with Crippen molar-refractivity contribution in [3.8, 4) is 33.9 Å². The van der Waals surface area contributed by atoms with E-state index < -0.39 is 6.36 Å². The van der Waals surface area contributed by atoms with E-state index in [9.17, 15) is 13.2 Å². The van der Waals surface area contributed by atoms with Crippen LogP contribution in [0.25, 0.3) is 22.4 Å². The fourth-order valence-corrected chi connectivity index (χ4v) is 3.37. The van der Waals surface area contributed by atoms with Gasteiger partial charge in [0.15, 0.2) is 0 Å². The number of aromatic nitrogens is 1. The van der Waals surface area contributed by atoms with Crippen LogP contribution in [0.1, 0.15) is 11.1 Å². The first kappa shape index (κ1) is 21.4. The molecule has 0 unspecified atom stereocenters. The minimum atomic E-state index is -4.70. The van der Waals surface area contributed by atoms with Crippen molar-refractivity contribution in [2.45, 2.75) is 19.9 Å². The Hall–Kier alpha value is -3.80. The van der Waals surface area contributed by atoms with E-state index in [1.165, 1.54) is 12.1 Å². The van der Waals surface area contributed by atoms with Gasteiger partial charge in [-0.2, -0.15) is 0 Å². The number of hydrogen-bond donors (Lipinski definition) is 0. The predicted molar refractivity (Wildman–Crippen MR) is 117 cm³/mol. The van der Waals surface area contributed by atoms with Crippen molar-refractivity contribution in [3.63, 3.8) is 0 Å². The Labute approximate surface area is 184 Å². The Balaban J connectivity index is 1.48. The third-order valence-corrected chi connectivity index (χ3v) is 4.97. The quantitative estimate of drug-likeness (QED) is 0.321. The second kappa shape index (κ2) is 9.14. The molecule has 0 amide bonds. The third-order valence-electron chi connectivity index (χ3n) is 4.97. The molecule has 6 heteroatoms. The van der Waals surface area contributed by atoms with Gasteiger partial charge in [0.25, 0.3) is 0 Å². The summed E-state index contributed by atoms with van der Waals surface area (Å²) in [5, 5.41) is 0. The van der Waals surface area contributed by atoms with E-state index in [1.807, 2.05) is 67.6 Å². The van der Waals surface area contributed by atoms with Gasteiger partial charge in [-0.1, -0.05) is 48.5 Å². The van der Waals surface area contributed by atoms with Crippen LogP contribution in [-0.2, 0) is 6.61 Å². The zero-order valence-corrected chi connectivity index (χ0v) is 17.3. The summed E-state index contributed by atoms with van der Waals surface area (Å²) < 4.78 is 47.1. The number of para-hydroxylation sites is 1. The first-order chi connectivity index (χ1) is 15.4. The van der Waals surface area contributed by atoms with Crippen LogP contribution in [0.5, 0.6) is 11.5 Å². The van der Waals surface area contributed by atoms with E-state index in [-0.39, 0.29) is 5.75 Å². The lowest BCUT2D eigenvalue weighted by atomic mass is 10.00. The standard InChI is InChI=1S/C26H20F3NO2/c1-18-16-20(19-11-13-22(14-12-19)32-26(27,28)29)9-10-21(18)17-31-25-8-3-2-6-23(25)24-7-4-5-15-30-24/h2-16H,17H2,1H3. The molecule has 0 saturated carbocycles. The molecule has 162 valence electrons. The summed E-state index contributed by atoms with van der Waals surface area (Å²) in [6.45, 7) is 2.36. The van der Waals surface area contributed by atoms with E-state index in [0.717, 1.165) is 39.3 Å². The normalized spacial score (nSPS) is 11.2. The predicted octanol–water partition coefficient (Wildman–Crippen LogP) is 7.20. The molecular formula is C26H20F3NO2. The zero-order valence-electron chi connectivity index (χ0n) is 17.3. The molecule has 0 saturated heterocycles. The maximum Gasteiger partial charge on any atom is 0.573 e. The van der Waals surface area contributed by atoms with Crippen molar-refractivity contribution in [1.82, 2.24) is 4.98 Å². The van der Waals surface area contributed by atoms with Gasteiger partial charge in [-0.05, 0) is 65.6 Å². The van der Waals surface area contributed by atoms with Crippen LogP contribution in [0.2, 0.25) is 0 Å². The second-order valence-electron chi connectivity index (χ2n) is 7.21. The number of ether oxygens (including phenoxy) is 2. The van der Waals surface area contributed by atoms with Crippen LogP contribution in [-0.4, -0.2) is 11.3 Å². The highest BCUT2D eigenvalue weighted by Crippen LogP contribution is 2.30. The van der Waals surface area contributed by atoms with Crippen LogP contribution in [0.15, 0.2) is 91.1 Å². The van der Waals surface area contributed by atoms with Crippen molar-refractivity contribution >= 4 is 0 Å². The SMILES string of the molecule is Cc1cc(-c2ccc(OC(F)(F)F)cc2)ccc1COc1ccccc1-c1ccccn1. The Bertz CT molecular complexity index is 1190. The molecule has 0 atom stereocenters. The van der Waals surface area contributed by atoms with Crippen molar-refractivity contribution in [2.75, 3.05) is 0 Å². The average molecular weight is 435 g/mol. The van der Waals surface area contributed by atoms with E-state index in [0.29, 0.717) is 6.61 Å². The summed E-state index contributed by atoms with van der Waals surface area (Å²) >= 11 is 0. The van der Waals surface area contributed by atoms with Gasteiger partial charge >= 0.3 is 6.36 Å². The Morgan fingerprint density at radius 3 is 2.22 bits per heavy atom. The van der Waals surface area contributed by atoms with Gasteiger partial charge in [-0.3, -0.25) is 4.98 Å². The molecule has 0 fully saturated rings. The smallest absolute Gasteiger partial charge is 0.488 e. The van der Waals surface area contributed by atoms with Crippen LogP contribution >= 0.6 is 0 Å². The maximum absolute atomic E-state index is 12.3. The van der Waals surface area contributed by atoms with Gasteiger partial charge in [-0.25, -0.2) is 0 Å². The van der Waals surface area contributed by atoms with Crippen LogP contribution in [0.3, 0.4) is 0 Å². The van der Waals surface area contributed by atoms with E-state index in [1.54, 1.807) is 18.3 Å². The lowest BCUT2D eigenvalue weighted by Crippen LogP contribution is -2.16. The molecule has 1 heterocycles. The summed E-state index contributed by atoms with van der Waals surface area (Å²) in [5.41, 5.74) is 5.50. The lowest BCUT2D eigenvalue weighted by molar-refractivity contribution is -0.274. The average Bonchev–Trinajstić information content (AvgIpc) is 2.78. The van der Waals surface area contributed by atoms with Crippen LogP contribution < -0.4 is 9.47 Å². The molecule has 0 bridgehead atoms. The Morgan fingerprint density at radius 1 is 0.812 bits per heavy atom. The number of pyridine rings is 1. The molecule has 3 nitrogen and oxygen atoms in total. The fraction of sp³-hybridized carbons (Fsp3) is 0.115. The number of halogens is 3. The summed E-state index contributed by atoms with van der Waals surface area (Å²) in [5.74, 6) is 0.504. The number of nitrogens with zero attached hydrogens (tertiary/aromatic N) is 1. The van der Waals surface area contributed by atoms with E-state index in [2.05, 4.69) is 9.72 Å². The largest absolute Gasteiger partial charge is 0.573 e. The fourth-order valence-electron chi connectivity index (χ4n) is 3.37. The minimum Gasteiger partial charge on any atom is -0.488 e. The topological polar surface area (TPSA) is 31.4 Å². The summed E-state index contributed by atoms with van der Waals surface area (Å²) in [7, 11) is 0. The summed E-state index contributed by atoms with van der Waals surface area (Å²) in [6.07, 6.45) is -2.95. The maximum atomic E-state index is 12.3. The third kappa shape index (κ3) is 5.27. The number of rotatable bonds is 6. The highest BCUT2D eigenvalue weighted by Gasteiger charge is 2.30. The molecule has 1 aromatic heterocycles. The minimum absolute atomic E-state index is 0.241. The van der Waals surface area contributed by atoms with Crippen molar-refractivity contribution in [3.05, 3.63) is 102 Å². The van der Waals surface area contributed by atoms with Crippen LogP contribution in [0, 0.1) is 6.92 Å². The van der Waals surface area contributed by atoms with Gasteiger partial charge in [-0.15, -0.1) is 13.2 Å². The monoisotopic (exact) mass is 435 g/mol. The number of aryl methyl sites for hydroxylation is 1. The molecule has 3 aromatic carbocycles. The first-order valence-corrected chi connectivity index (χ1v) is 9.98. The summed E-state index contributed by atoms with van der Waals surface area (Å²) in [6, 6.07) is 25.2. The molecule has 0 N–H and O–H groups in total. The lowest BCUT2D eigenvalue weighted by Gasteiger charge is -2.14. The summed E-state index contributed by atoms with van der Waals surface area (Å²) in [4.78, 5) is 4.40. The van der Waals surface area contributed by atoms with Crippen molar-refractivity contribution in [1.29, 1.82) is 0 Å². The molecule has 0 aliphatic heterocycles. The Morgan fingerprint density at radius 2 is 1.53 bits per heavy atom. The van der Waals surface area contributed by atoms with E-state index in [4.69, 9.17) is 4.74 Å². The highest BCUT2D eigenvalue weighted by molar-refractivity contribution is 5.67. The van der Waals surface area contributed by atoms with Gasteiger partial charge in [0.05, 0.1) is 5.69 Å².